The molecule has 2 amide bonds. The maximum atomic E-state index is 12.1. The van der Waals surface area contributed by atoms with E-state index in [0.717, 1.165) is 28.0 Å². The number of nitrogens with zero attached hydrogens (tertiary/aromatic N) is 4. The molecular formula is C22H24N6O3. The number of aromatic nitrogens is 2. The molecule has 2 aromatic carbocycles. The predicted molar refractivity (Wildman–Crippen MR) is 118 cm³/mol. The van der Waals surface area contributed by atoms with Crippen molar-refractivity contribution in [3.8, 4) is 11.5 Å². The fourth-order valence-corrected chi connectivity index (χ4v) is 3.91. The van der Waals surface area contributed by atoms with Crippen molar-refractivity contribution in [2.75, 3.05) is 49.7 Å². The Balaban J connectivity index is 1.39. The number of rotatable bonds is 4. The van der Waals surface area contributed by atoms with Crippen LogP contribution < -0.4 is 25.0 Å². The molecule has 160 valence electrons. The highest BCUT2D eigenvalue weighted by Crippen LogP contribution is 2.36. The van der Waals surface area contributed by atoms with Crippen molar-refractivity contribution >= 4 is 34.1 Å². The third kappa shape index (κ3) is 3.74. The lowest BCUT2D eigenvalue weighted by Gasteiger charge is -2.35. The fourth-order valence-electron chi connectivity index (χ4n) is 3.91. The first-order valence-corrected chi connectivity index (χ1v) is 10.4. The molecule has 0 radical (unpaired) electrons. The molecule has 9 nitrogen and oxygen atoms in total. The number of amides is 2. The number of ether oxygens (including phenoxy) is 2. The second kappa shape index (κ2) is 8.17. The maximum Gasteiger partial charge on any atom is 0.317 e. The van der Waals surface area contributed by atoms with Crippen LogP contribution in [0.15, 0.2) is 42.5 Å². The third-order valence-corrected chi connectivity index (χ3v) is 5.50. The summed E-state index contributed by atoms with van der Waals surface area (Å²) in [5, 5.41) is 17.2. The summed E-state index contributed by atoms with van der Waals surface area (Å²) in [5.74, 6) is 2.97. The number of carbonyl (C=O) groups is 1. The van der Waals surface area contributed by atoms with Gasteiger partial charge in [0.15, 0.2) is 23.1 Å². The van der Waals surface area contributed by atoms with Gasteiger partial charge in [0, 0.05) is 55.2 Å². The van der Waals surface area contributed by atoms with Crippen LogP contribution in [0.2, 0.25) is 0 Å². The molecule has 0 atom stereocenters. The molecule has 2 N–H and O–H groups in total. The zero-order chi connectivity index (χ0) is 21.2. The summed E-state index contributed by atoms with van der Waals surface area (Å²) in [4.78, 5) is 16.1. The van der Waals surface area contributed by atoms with Gasteiger partial charge in [-0.05, 0) is 19.1 Å². The van der Waals surface area contributed by atoms with Gasteiger partial charge in [0.2, 0.25) is 6.79 Å². The van der Waals surface area contributed by atoms with Crippen molar-refractivity contribution in [1.82, 2.24) is 20.4 Å². The van der Waals surface area contributed by atoms with E-state index in [0.29, 0.717) is 44.3 Å². The lowest BCUT2D eigenvalue weighted by Crippen LogP contribution is -2.52. The van der Waals surface area contributed by atoms with Gasteiger partial charge in [0.1, 0.15) is 0 Å². The standard InChI is InChI=1S/C22H24N6O3/c1-2-23-22(29)28-11-9-27(10-12-28)21-17-6-4-3-5-16(17)20(25-26-21)24-15-7-8-18-19(13-15)31-14-30-18/h3-8,13H,2,9-12,14H2,1H3,(H,23,29)(H,24,25). The van der Waals surface area contributed by atoms with Crippen molar-refractivity contribution in [2.45, 2.75) is 6.92 Å². The van der Waals surface area contributed by atoms with Gasteiger partial charge in [0.25, 0.3) is 0 Å². The second-order valence-electron chi connectivity index (χ2n) is 7.42. The molecule has 0 unspecified atom stereocenters. The van der Waals surface area contributed by atoms with Gasteiger partial charge in [-0.1, -0.05) is 24.3 Å². The average molecular weight is 420 g/mol. The highest BCUT2D eigenvalue weighted by Gasteiger charge is 2.23. The Kier molecular flexibility index (Phi) is 5.07. The van der Waals surface area contributed by atoms with Crippen molar-refractivity contribution < 1.29 is 14.3 Å². The van der Waals surface area contributed by atoms with Crippen LogP contribution in [-0.2, 0) is 0 Å². The van der Waals surface area contributed by atoms with Gasteiger partial charge >= 0.3 is 6.03 Å². The maximum absolute atomic E-state index is 12.1. The molecule has 2 aliphatic heterocycles. The van der Waals surface area contributed by atoms with Crippen molar-refractivity contribution in [3.05, 3.63) is 42.5 Å². The Bertz CT molecular complexity index is 1110. The molecule has 1 fully saturated rings. The molecule has 0 bridgehead atoms. The number of hydrogen-bond donors (Lipinski definition) is 2. The van der Waals surface area contributed by atoms with Gasteiger partial charge < -0.3 is 29.9 Å². The summed E-state index contributed by atoms with van der Waals surface area (Å²) in [6, 6.07) is 13.8. The van der Waals surface area contributed by atoms with Crippen LogP contribution in [0.4, 0.5) is 22.1 Å². The summed E-state index contributed by atoms with van der Waals surface area (Å²) < 4.78 is 10.8. The summed E-state index contributed by atoms with van der Waals surface area (Å²) in [6.07, 6.45) is 0. The van der Waals surface area contributed by atoms with E-state index in [9.17, 15) is 4.79 Å². The number of anilines is 3. The number of urea groups is 1. The second-order valence-corrected chi connectivity index (χ2v) is 7.42. The number of nitrogens with one attached hydrogen (secondary N) is 2. The molecule has 0 saturated carbocycles. The first-order chi connectivity index (χ1) is 15.2. The first kappa shape index (κ1) is 19.2. The first-order valence-electron chi connectivity index (χ1n) is 10.4. The molecule has 0 spiro atoms. The van der Waals surface area contributed by atoms with Crippen molar-refractivity contribution in [3.63, 3.8) is 0 Å². The summed E-state index contributed by atoms with van der Waals surface area (Å²) in [7, 11) is 0. The van der Waals surface area contributed by atoms with Crippen LogP contribution in [0.3, 0.4) is 0 Å². The average Bonchev–Trinajstić information content (AvgIpc) is 3.28. The van der Waals surface area contributed by atoms with Crippen LogP contribution in [-0.4, -0.2) is 60.6 Å². The predicted octanol–water partition coefficient (Wildman–Crippen LogP) is 2.95. The Morgan fingerprint density at radius 2 is 1.77 bits per heavy atom. The molecule has 5 rings (SSSR count). The normalized spacial score (nSPS) is 15.3. The van der Waals surface area contributed by atoms with Gasteiger partial charge in [0.05, 0.1) is 0 Å². The molecule has 9 heteroatoms. The van der Waals surface area contributed by atoms with Crippen molar-refractivity contribution in [1.29, 1.82) is 0 Å². The van der Waals surface area contributed by atoms with Crippen LogP contribution >= 0.6 is 0 Å². The Hall–Kier alpha value is -3.75. The highest BCUT2D eigenvalue weighted by molar-refractivity contribution is 5.99. The van der Waals surface area contributed by atoms with E-state index in [4.69, 9.17) is 9.47 Å². The van der Waals surface area contributed by atoms with E-state index >= 15 is 0 Å². The van der Waals surface area contributed by atoms with E-state index < -0.39 is 0 Å². The summed E-state index contributed by atoms with van der Waals surface area (Å²) >= 11 is 0. The highest BCUT2D eigenvalue weighted by atomic mass is 16.7. The largest absolute Gasteiger partial charge is 0.454 e. The van der Waals surface area contributed by atoms with Crippen LogP contribution in [0.25, 0.3) is 10.8 Å². The molecular weight excluding hydrogens is 396 g/mol. The molecule has 0 aliphatic carbocycles. The molecule has 1 aromatic heterocycles. The minimum absolute atomic E-state index is 0.0126. The summed E-state index contributed by atoms with van der Waals surface area (Å²) in [5.41, 5.74) is 0.854. The lowest BCUT2D eigenvalue weighted by molar-refractivity contribution is 0.174. The molecule has 1 saturated heterocycles. The minimum atomic E-state index is -0.0126. The van der Waals surface area contributed by atoms with Gasteiger partial charge in [-0.15, -0.1) is 10.2 Å². The smallest absolute Gasteiger partial charge is 0.317 e. The Morgan fingerprint density at radius 3 is 2.58 bits per heavy atom. The van der Waals surface area contributed by atoms with E-state index in [1.165, 1.54) is 0 Å². The third-order valence-electron chi connectivity index (χ3n) is 5.50. The Morgan fingerprint density at radius 1 is 1.00 bits per heavy atom. The number of fused-ring (bicyclic) bond motifs is 2. The van der Waals surface area contributed by atoms with E-state index in [1.807, 2.05) is 48.2 Å². The summed E-state index contributed by atoms with van der Waals surface area (Å²) in [6.45, 7) is 5.53. The number of hydrogen-bond acceptors (Lipinski definition) is 7. The SMILES string of the molecule is CCNC(=O)N1CCN(c2nnc(Nc3ccc4c(c3)OCO4)c3ccccc23)CC1. The molecule has 2 aliphatic rings. The fraction of sp³-hybridized carbons (Fsp3) is 0.318. The molecule has 3 aromatic rings. The van der Waals surface area contributed by atoms with Crippen LogP contribution in [0.5, 0.6) is 11.5 Å². The molecule has 3 heterocycles. The number of carbonyl (C=O) groups excluding carboxylic acids is 1. The zero-order valence-electron chi connectivity index (χ0n) is 17.3. The number of piperazine rings is 1. The zero-order valence-corrected chi connectivity index (χ0v) is 17.3. The van der Waals surface area contributed by atoms with E-state index in [2.05, 4.69) is 31.8 Å². The van der Waals surface area contributed by atoms with E-state index in [-0.39, 0.29) is 12.8 Å². The molecule has 31 heavy (non-hydrogen) atoms. The Labute approximate surface area is 179 Å². The van der Waals surface area contributed by atoms with Crippen LogP contribution in [0.1, 0.15) is 6.92 Å². The lowest BCUT2D eigenvalue weighted by atomic mass is 10.1. The van der Waals surface area contributed by atoms with Crippen molar-refractivity contribution in [2.24, 2.45) is 0 Å². The minimum Gasteiger partial charge on any atom is -0.454 e. The topological polar surface area (TPSA) is 91.9 Å². The quantitative estimate of drug-likeness (QED) is 0.670. The van der Waals surface area contributed by atoms with E-state index in [1.54, 1.807) is 0 Å². The number of benzene rings is 2. The van der Waals surface area contributed by atoms with Gasteiger partial charge in [-0.25, -0.2) is 4.79 Å². The van der Waals surface area contributed by atoms with Crippen LogP contribution in [0, 0.1) is 0 Å². The van der Waals surface area contributed by atoms with Gasteiger partial charge in [-0.2, -0.15) is 0 Å². The van der Waals surface area contributed by atoms with Gasteiger partial charge in [-0.3, -0.25) is 0 Å². The monoisotopic (exact) mass is 420 g/mol.